The Bertz CT molecular complexity index is 943. The summed E-state index contributed by atoms with van der Waals surface area (Å²) < 4.78 is 44.9. The van der Waals surface area contributed by atoms with Gasteiger partial charge in [0, 0.05) is 5.56 Å². The Balaban J connectivity index is 1.84. The highest BCUT2D eigenvalue weighted by Crippen LogP contribution is 2.49. The van der Waals surface area contributed by atoms with Crippen LogP contribution >= 0.6 is 11.6 Å². The molecule has 2 aliphatic carbocycles. The predicted molar refractivity (Wildman–Crippen MR) is 108 cm³/mol. The SMILES string of the molecule is O=C(O)C1(c2ccc(OCC3CC3)c(Cl)c2-c2ccc(C(F)(F)F)cc2)CCCC1. The topological polar surface area (TPSA) is 46.5 Å². The fraction of sp³-hybridized carbons (Fsp3) is 0.435. The average molecular weight is 439 g/mol. The van der Waals surface area contributed by atoms with Crippen LogP contribution < -0.4 is 4.74 Å². The van der Waals surface area contributed by atoms with E-state index in [1.807, 2.05) is 0 Å². The maximum absolute atomic E-state index is 13.0. The standard InChI is InChI=1S/C23H22ClF3O3/c24-20-18(30-13-14-3-4-14)10-9-17(22(21(28)29)11-1-2-12-22)19(20)15-5-7-16(8-6-15)23(25,26)27/h5-10,14H,1-4,11-13H2,(H,28,29). The molecular formula is C23H22ClF3O3. The van der Waals surface area contributed by atoms with E-state index in [1.54, 1.807) is 12.1 Å². The lowest BCUT2D eigenvalue weighted by Crippen LogP contribution is -2.33. The Labute approximate surface area is 177 Å². The molecule has 0 atom stereocenters. The third-order valence-corrected chi connectivity index (χ3v) is 6.54. The number of carbonyl (C=O) groups is 1. The minimum absolute atomic E-state index is 0.250. The van der Waals surface area contributed by atoms with Gasteiger partial charge in [-0.2, -0.15) is 13.2 Å². The largest absolute Gasteiger partial charge is 0.492 e. The van der Waals surface area contributed by atoms with Gasteiger partial charge in [0.15, 0.2) is 0 Å². The van der Waals surface area contributed by atoms with Crippen LogP contribution in [-0.2, 0) is 16.4 Å². The summed E-state index contributed by atoms with van der Waals surface area (Å²) in [7, 11) is 0. The number of benzene rings is 2. The number of carboxylic acid groups (broad SMARTS) is 1. The van der Waals surface area contributed by atoms with Crippen molar-refractivity contribution < 1.29 is 27.8 Å². The lowest BCUT2D eigenvalue weighted by atomic mass is 9.75. The maximum atomic E-state index is 13.0. The summed E-state index contributed by atoms with van der Waals surface area (Å²) in [5.41, 5.74) is -0.429. The second-order valence-corrected chi connectivity index (χ2v) is 8.60. The molecule has 2 aliphatic rings. The highest BCUT2D eigenvalue weighted by molar-refractivity contribution is 6.35. The first-order chi connectivity index (χ1) is 14.2. The van der Waals surface area contributed by atoms with Gasteiger partial charge in [0.05, 0.1) is 22.6 Å². The van der Waals surface area contributed by atoms with Gasteiger partial charge in [-0.3, -0.25) is 4.79 Å². The highest BCUT2D eigenvalue weighted by atomic mass is 35.5. The minimum Gasteiger partial charge on any atom is -0.492 e. The first-order valence-corrected chi connectivity index (χ1v) is 10.5. The van der Waals surface area contributed by atoms with Crippen molar-refractivity contribution in [3.63, 3.8) is 0 Å². The van der Waals surface area contributed by atoms with Crippen molar-refractivity contribution in [1.82, 2.24) is 0 Å². The molecule has 0 heterocycles. The molecule has 0 unspecified atom stereocenters. The lowest BCUT2D eigenvalue weighted by Gasteiger charge is -2.28. The van der Waals surface area contributed by atoms with Gasteiger partial charge < -0.3 is 9.84 Å². The van der Waals surface area contributed by atoms with E-state index in [-0.39, 0.29) is 5.02 Å². The van der Waals surface area contributed by atoms with E-state index in [0.29, 0.717) is 47.8 Å². The molecule has 2 aromatic rings. The second-order valence-electron chi connectivity index (χ2n) is 8.22. The molecule has 7 heteroatoms. The molecular weight excluding hydrogens is 417 g/mol. The highest BCUT2D eigenvalue weighted by Gasteiger charge is 2.45. The molecule has 0 aliphatic heterocycles. The lowest BCUT2D eigenvalue weighted by molar-refractivity contribution is -0.143. The van der Waals surface area contributed by atoms with E-state index >= 15 is 0 Å². The fourth-order valence-electron chi connectivity index (χ4n) is 4.24. The first-order valence-electron chi connectivity index (χ1n) is 10.1. The van der Waals surface area contributed by atoms with E-state index in [4.69, 9.17) is 16.3 Å². The van der Waals surface area contributed by atoms with Crippen LogP contribution in [0.2, 0.25) is 5.02 Å². The fourth-order valence-corrected chi connectivity index (χ4v) is 4.57. The summed E-state index contributed by atoms with van der Waals surface area (Å²) in [6, 6.07) is 8.10. The van der Waals surface area contributed by atoms with Crippen molar-refractivity contribution in [3.8, 4) is 16.9 Å². The van der Waals surface area contributed by atoms with Crippen LogP contribution in [0.25, 0.3) is 11.1 Å². The number of rotatable bonds is 6. The second kappa shape index (κ2) is 7.80. The van der Waals surface area contributed by atoms with Crippen LogP contribution in [0.4, 0.5) is 13.2 Å². The zero-order valence-electron chi connectivity index (χ0n) is 16.3. The van der Waals surface area contributed by atoms with Crippen molar-refractivity contribution >= 4 is 17.6 Å². The van der Waals surface area contributed by atoms with E-state index in [1.165, 1.54) is 12.1 Å². The monoisotopic (exact) mass is 438 g/mol. The van der Waals surface area contributed by atoms with E-state index in [0.717, 1.165) is 37.8 Å². The molecule has 0 saturated heterocycles. The number of hydrogen-bond donors (Lipinski definition) is 1. The van der Waals surface area contributed by atoms with Gasteiger partial charge in [-0.25, -0.2) is 0 Å². The van der Waals surface area contributed by atoms with Crippen LogP contribution in [0.1, 0.15) is 49.7 Å². The summed E-state index contributed by atoms with van der Waals surface area (Å²) in [4.78, 5) is 12.3. The predicted octanol–water partition coefficient (Wildman–Crippen LogP) is 6.71. The third-order valence-electron chi connectivity index (χ3n) is 6.16. The van der Waals surface area contributed by atoms with E-state index in [2.05, 4.69) is 0 Å². The molecule has 0 amide bonds. The average Bonchev–Trinajstić information content (AvgIpc) is 3.39. The summed E-state index contributed by atoms with van der Waals surface area (Å²) in [5, 5.41) is 10.3. The van der Waals surface area contributed by atoms with Crippen molar-refractivity contribution in [2.75, 3.05) is 6.61 Å². The molecule has 30 heavy (non-hydrogen) atoms. The van der Waals surface area contributed by atoms with Gasteiger partial charge in [-0.1, -0.05) is 42.6 Å². The van der Waals surface area contributed by atoms with Crippen LogP contribution in [0.5, 0.6) is 5.75 Å². The molecule has 160 valence electrons. The summed E-state index contributed by atoms with van der Waals surface area (Å²) in [6.07, 6.45) is 0.233. The Kier molecular flexibility index (Phi) is 5.47. The molecule has 0 aromatic heterocycles. The molecule has 2 fully saturated rings. The molecule has 1 N–H and O–H groups in total. The van der Waals surface area contributed by atoms with E-state index in [9.17, 15) is 23.1 Å². The molecule has 2 aromatic carbocycles. The normalized spacial score (nSPS) is 18.4. The van der Waals surface area contributed by atoms with Gasteiger partial charge in [-0.05, 0) is 60.9 Å². The van der Waals surface area contributed by atoms with Crippen LogP contribution in [0, 0.1) is 5.92 Å². The van der Waals surface area contributed by atoms with Crippen molar-refractivity contribution in [3.05, 3.63) is 52.5 Å². The number of halogens is 4. The molecule has 4 rings (SSSR count). The number of alkyl halides is 3. The van der Waals surface area contributed by atoms with Gasteiger partial charge in [0.1, 0.15) is 5.75 Å². The number of aliphatic carboxylic acids is 1. The van der Waals surface area contributed by atoms with Crippen LogP contribution in [0.3, 0.4) is 0 Å². The van der Waals surface area contributed by atoms with Gasteiger partial charge >= 0.3 is 12.1 Å². The van der Waals surface area contributed by atoms with Gasteiger partial charge in [0.25, 0.3) is 0 Å². The van der Waals surface area contributed by atoms with Gasteiger partial charge in [-0.15, -0.1) is 0 Å². The first kappa shape index (κ1) is 21.0. The maximum Gasteiger partial charge on any atom is 0.416 e. The summed E-state index contributed by atoms with van der Waals surface area (Å²) in [6.45, 7) is 0.523. The smallest absolute Gasteiger partial charge is 0.416 e. The quantitative estimate of drug-likeness (QED) is 0.545. The summed E-state index contributed by atoms with van der Waals surface area (Å²) in [5.74, 6) is -0.00733. The Morgan fingerprint density at radius 1 is 1.10 bits per heavy atom. The Morgan fingerprint density at radius 3 is 2.27 bits per heavy atom. The molecule has 0 spiro atoms. The zero-order chi connectivity index (χ0) is 21.5. The van der Waals surface area contributed by atoms with Crippen molar-refractivity contribution in [2.45, 2.75) is 50.1 Å². The van der Waals surface area contributed by atoms with Crippen LogP contribution in [0.15, 0.2) is 36.4 Å². The van der Waals surface area contributed by atoms with Gasteiger partial charge in [0.2, 0.25) is 0 Å². The van der Waals surface area contributed by atoms with Crippen molar-refractivity contribution in [1.29, 1.82) is 0 Å². The molecule has 0 radical (unpaired) electrons. The Morgan fingerprint density at radius 2 is 1.73 bits per heavy atom. The molecule has 0 bridgehead atoms. The number of ether oxygens (including phenoxy) is 1. The third kappa shape index (κ3) is 3.89. The summed E-state index contributed by atoms with van der Waals surface area (Å²) >= 11 is 6.69. The number of hydrogen-bond acceptors (Lipinski definition) is 2. The Hall–Kier alpha value is -2.21. The van der Waals surface area contributed by atoms with Crippen molar-refractivity contribution in [2.24, 2.45) is 5.92 Å². The zero-order valence-corrected chi connectivity index (χ0v) is 17.0. The molecule has 3 nitrogen and oxygen atoms in total. The van der Waals surface area contributed by atoms with E-state index < -0.39 is 23.1 Å². The van der Waals surface area contributed by atoms with Crippen LogP contribution in [-0.4, -0.2) is 17.7 Å². The molecule has 2 saturated carbocycles. The number of carboxylic acids is 1. The minimum atomic E-state index is -4.45.